The summed E-state index contributed by atoms with van der Waals surface area (Å²) in [5.74, 6) is 3.01. The number of pyridine rings is 1. The van der Waals surface area contributed by atoms with Gasteiger partial charge in [0.1, 0.15) is 17.3 Å². The molecule has 9 nitrogen and oxygen atoms in total. The van der Waals surface area contributed by atoms with Crippen LogP contribution in [0.4, 0.5) is 5.82 Å². The van der Waals surface area contributed by atoms with Crippen molar-refractivity contribution < 1.29 is 14.3 Å². The lowest BCUT2D eigenvalue weighted by molar-refractivity contribution is -0.128. The topological polar surface area (TPSA) is 83.9 Å². The number of amides is 1. The number of fused-ring (bicyclic) bond motifs is 1. The van der Waals surface area contributed by atoms with Gasteiger partial charge < -0.3 is 19.3 Å². The summed E-state index contributed by atoms with van der Waals surface area (Å²) in [5, 5.41) is 9.85. The van der Waals surface area contributed by atoms with Gasteiger partial charge in [-0.2, -0.15) is 10.2 Å². The van der Waals surface area contributed by atoms with E-state index in [-0.39, 0.29) is 5.91 Å². The lowest BCUT2D eigenvalue weighted by atomic mass is 10.1. The summed E-state index contributed by atoms with van der Waals surface area (Å²) in [5.41, 5.74) is 4.71. The molecule has 0 bridgehead atoms. The first-order valence-electron chi connectivity index (χ1n) is 16.9. The second-order valence-corrected chi connectivity index (χ2v) is 13.1. The van der Waals surface area contributed by atoms with Crippen molar-refractivity contribution in [1.29, 1.82) is 0 Å². The first kappa shape index (κ1) is 30.6. The van der Waals surface area contributed by atoms with E-state index in [0.717, 1.165) is 122 Å². The second-order valence-electron chi connectivity index (χ2n) is 13.1. The second kappa shape index (κ2) is 13.7. The number of nitrogens with zero attached hydrogens (tertiary/aromatic N) is 6. The highest BCUT2D eigenvalue weighted by Gasteiger charge is 2.28. The van der Waals surface area contributed by atoms with Gasteiger partial charge in [0, 0.05) is 87.5 Å². The molecule has 1 amide bonds. The Labute approximate surface area is 271 Å². The molecule has 46 heavy (non-hydrogen) atoms. The molecule has 3 saturated heterocycles. The van der Waals surface area contributed by atoms with Crippen molar-refractivity contribution in [3.63, 3.8) is 0 Å². The van der Waals surface area contributed by atoms with Crippen LogP contribution in [0.5, 0.6) is 11.5 Å². The Morgan fingerprint density at radius 1 is 0.935 bits per heavy atom. The summed E-state index contributed by atoms with van der Waals surface area (Å²) in [6, 6.07) is 21.2. The van der Waals surface area contributed by atoms with Crippen LogP contribution in [0.25, 0.3) is 22.2 Å². The molecule has 0 spiro atoms. The van der Waals surface area contributed by atoms with Crippen molar-refractivity contribution in [2.24, 2.45) is 5.92 Å². The van der Waals surface area contributed by atoms with Crippen molar-refractivity contribution >= 4 is 22.6 Å². The fraction of sp³-hybridized carbons (Fsp3) is 0.459. The molecule has 4 aromatic rings. The first-order chi connectivity index (χ1) is 22.5. The molecule has 0 radical (unpaired) electrons. The number of aromatic nitrogens is 3. The van der Waals surface area contributed by atoms with E-state index in [1.165, 1.54) is 0 Å². The smallest absolute Gasteiger partial charge is 0.223 e. The van der Waals surface area contributed by atoms with Crippen LogP contribution in [-0.4, -0.2) is 82.9 Å². The van der Waals surface area contributed by atoms with E-state index in [1.807, 2.05) is 47.4 Å². The van der Waals surface area contributed by atoms with Crippen molar-refractivity contribution in [2.75, 3.05) is 50.8 Å². The zero-order chi connectivity index (χ0) is 31.5. The summed E-state index contributed by atoms with van der Waals surface area (Å²) >= 11 is 0. The maximum Gasteiger partial charge on any atom is 0.223 e. The van der Waals surface area contributed by atoms with E-state index < -0.39 is 0 Å². The summed E-state index contributed by atoms with van der Waals surface area (Å²) in [7, 11) is 0. The van der Waals surface area contributed by atoms with Crippen LogP contribution in [0, 0.1) is 5.92 Å². The van der Waals surface area contributed by atoms with Crippen molar-refractivity contribution in [3.8, 4) is 22.8 Å². The number of piperazine rings is 1. The molecular weight excluding hydrogens is 576 g/mol. The fourth-order valence-corrected chi connectivity index (χ4v) is 7.00. The van der Waals surface area contributed by atoms with E-state index in [9.17, 15) is 4.79 Å². The Balaban J connectivity index is 1.12. The number of carbonyl (C=O) groups is 1. The molecule has 0 aliphatic carbocycles. The van der Waals surface area contributed by atoms with Crippen molar-refractivity contribution in [2.45, 2.75) is 58.5 Å². The zero-order valence-corrected chi connectivity index (χ0v) is 27.0. The third kappa shape index (κ3) is 6.86. The summed E-state index contributed by atoms with van der Waals surface area (Å²) < 4.78 is 12.1. The van der Waals surface area contributed by atoms with Crippen LogP contribution < -0.4 is 9.64 Å². The van der Waals surface area contributed by atoms with Crippen molar-refractivity contribution in [3.05, 3.63) is 71.9 Å². The van der Waals surface area contributed by atoms with E-state index in [0.29, 0.717) is 24.9 Å². The van der Waals surface area contributed by atoms with Gasteiger partial charge >= 0.3 is 0 Å². The van der Waals surface area contributed by atoms with Crippen LogP contribution >= 0.6 is 0 Å². The predicted molar refractivity (Wildman–Crippen MR) is 180 cm³/mol. The predicted octanol–water partition coefficient (Wildman–Crippen LogP) is 6.11. The minimum atomic E-state index is 0.197. The minimum Gasteiger partial charge on any atom is -0.457 e. The molecule has 7 rings (SSSR count). The minimum absolute atomic E-state index is 0.197. The van der Waals surface area contributed by atoms with Crippen LogP contribution in [0.1, 0.15) is 50.8 Å². The molecule has 9 heteroatoms. The van der Waals surface area contributed by atoms with Gasteiger partial charge in [-0.1, -0.05) is 20.3 Å². The number of anilines is 1. The van der Waals surface area contributed by atoms with Crippen LogP contribution in [0.15, 0.2) is 60.7 Å². The summed E-state index contributed by atoms with van der Waals surface area (Å²) in [6.45, 7) is 11.3. The third-order valence-corrected chi connectivity index (χ3v) is 9.58. The highest BCUT2D eigenvalue weighted by Crippen LogP contribution is 2.34. The highest BCUT2D eigenvalue weighted by atomic mass is 16.5. The maximum absolute atomic E-state index is 12.7. The number of benzene rings is 2. The number of aryl methyl sites for hydroxylation is 1. The van der Waals surface area contributed by atoms with Crippen LogP contribution in [0.3, 0.4) is 0 Å². The average Bonchev–Trinajstić information content (AvgIpc) is 3.41. The lowest BCUT2D eigenvalue weighted by Crippen LogP contribution is -2.51. The number of hydrogen-bond acceptors (Lipinski definition) is 8. The van der Waals surface area contributed by atoms with E-state index >= 15 is 0 Å². The first-order valence-corrected chi connectivity index (χ1v) is 16.9. The normalized spacial score (nSPS) is 19.7. The number of ether oxygens (including phenoxy) is 2. The molecule has 1 atom stereocenters. The molecular formula is C37H44N6O3. The lowest BCUT2D eigenvalue weighted by Gasteiger charge is -2.41. The number of hydrogen-bond donors (Lipinski definition) is 0. The molecule has 2 aromatic heterocycles. The Morgan fingerprint density at radius 3 is 2.43 bits per heavy atom. The van der Waals surface area contributed by atoms with Crippen molar-refractivity contribution in [1.82, 2.24) is 25.0 Å². The largest absolute Gasteiger partial charge is 0.457 e. The Bertz CT molecular complexity index is 1650. The standard InChI is InChI=1S/C37H44N6O3/c1-3-4-30-8-11-33(40-39-30)27-5-9-32(10-6-27)46-35-23-34-28(22-29(35)25-43-24-26(2)21-37(43)44)7-12-36(38-34)42-17-15-41(16-18-42)31-13-19-45-20-14-31/h5-12,22-23,26,31H,3-4,13-21,24-25H2,1-2H3/t26-/m0/s1. The highest BCUT2D eigenvalue weighted by molar-refractivity contribution is 5.84. The van der Waals surface area contributed by atoms with Gasteiger partial charge in [-0.3, -0.25) is 9.69 Å². The SMILES string of the molecule is CCCc1ccc(-c2ccc(Oc3cc4nc(N5CCN(C6CCOCC6)CC5)ccc4cc3CN3C[C@@H](C)CC3=O)cc2)nn1. The van der Waals surface area contributed by atoms with E-state index in [4.69, 9.17) is 14.5 Å². The summed E-state index contributed by atoms with van der Waals surface area (Å²) in [4.78, 5) is 24.8. The molecule has 5 heterocycles. The molecule has 0 saturated carbocycles. The van der Waals surface area contributed by atoms with Gasteiger partial charge in [-0.25, -0.2) is 4.98 Å². The Morgan fingerprint density at radius 2 is 1.74 bits per heavy atom. The van der Waals surface area contributed by atoms with Gasteiger partial charge in [-0.15, -0.1) is 0 Å². The third-order valence-electron chi connectivity index (χ3n) is 9.58. The summed E-state index contributed by atoms with van der Waals surface area (Å²) in [6.07, 6.45) is 4.83. The molecule has 0 N–H and O–H groups in total. The number of likely N-dealkylation sites (tertiary alicyclic amines) is 1. The Hall–Kier alpha value is -4.08. The maximum atomic E-state index is 12.7. The van der Waals surface area contributed by atoms with Gasteiger partial charge in [-0.05, 0) is 79.8 Å². The van der Waals surface area contributed by atoms with Crippen LogP contribution in [-0.2, 0) is 22.5 Å². The zero-order valence-electron chi connectivity index (χ0n) is 27.0. The molecule has 2 aromatic carbocycles. The van der Waals surface area contributed by atoms with Gasteiger partial charge in [0.05, 0.1) is 16.9 Å². The van der Waals surface area contributed by atoms with Gasteiger partial charge in [0.25, 0.3) is 0 Å². The molecule has 0 unspecified atom stereocenters. The van der Waals surface area contributed by atoms with E-state index in [2.05, 4.69) is 52.0 Å². The van der Waals surface area contributed by atoms with Gasteiger partial charge in [0.15, 0.2) is 0 Å². The molecule has 3 aliphatic heterocycles. The average molecular weight is 621 g/mol. The Kier molecular flexibility index (Phi) is 9.12. The number of carbonyl (C=O) groups excluding carboxylic acids is 1. The molecule has 3 aliphatic rings. The molecule has 3 fully saturated rings. The van der Waals surface area contributed by atoms with E-state index in [1.54, 1.807) is 0 Å². The van der Waals surface area contributed by atoms with Crippen LogP contribution in [0.2, 0.25) is 0 Å². The van der Waals surface area contributed by atoms with Gasteiger partial charge in [0.2, 0.25) is 5.91 Å². The fourth-order valence-electron chi connectivity index (χ4n) is 7.00. The molecule has 240 valence electrons. The monoisotopic (exact) mass is 620 g/mol. The number of rotatable bonds is 9. The quantitative estimate of drug-likeness (QED) is 0.222.